The van der Waals surface area contributed by atoms with Crippen LogP contribution in [0.1, 0.15) is 16.1 Å². The zero-order chi connectivity index (χ0) is 16.4. The number of nitrogens with two attached hydrogens (primary N) is 2. The fourth-order valence-corrected chi connectivity index (χ4v) is 2.71. The van der Waals surface area contributed by atoms with Crippen molar-refractivity contribution < 1.29 is 4.79 Å². The maximum Gasteiger partial charge on any atom is 0.267 e. The lowest BCUT2D eigenvalue weighted by Crippen LogP contribution is -2.47. The van der Waals surface area contributed by atoms with Crippen molar-refractivity contribution in [2.24, 2.45) is 5.73 Å². The van der Waals surface area contributed by atoms with Crippen LogP contribution in [-0.4, -0.2) is 42.1 Å². The van der Waals surface area contributed by atoms with Gasteiger partial charge in [-0.2, -0.15) is 4.98 Å². The van der Waals surface area contributed by atoms with Gasteiger partial charge in [-0.3, -0.25) is 4.79 Å². The predicted octanol–water partition coefficient (Wildman–Crippen LogP) is 0.793. The Morgan fingerprint density at radius 2 is 1.78 bits per heavy atom. The van der Waals surface area contributed by atoms with Crippen LogP contribution >= 0.6 is 0 Å². The van der Waals surface area contributed by atoms with Crippen LogP contribution in [0.25, 0.3) is 0 Å². The molecular formula is C16H20N6O. The van der Waals surface area contributed by atoms with E-state index < -0.39 is 5.91 Å². The van der Waals surface area contributed by atoms with Gasteiger partial charge in [0.05, 0.1) is 0 Å². The Morgan fingerprint density at radius 3 is 2.43 bits per heavy atom. The second-order valence-corrected chi connectivity index (χ2v) is 5.66. The van der Waals surface area contributed by atoms with Gasteiger partial charge < -0.3 is 21.3 Å². The molecule has 1 amide bonds. The van der Waals surface area contributed by atoms with E-state index in [-0.39, 0.29) is 11.5 Å². The van der Waals surface area contributed by atoms with E-state index in [1.165, 1.54) is 17.3 Å². The first-order valence-electron chi connectivity index (χ1n) is 7.54. The van der Waals surface area contributed by atoms with Crippen molar-refractivity contribution in [3.8, 4) is 0 Å². The van der Waals surface area contributed by atoms with Crippen LogP contribution < -0.4 is 21.3 Å². The standard InChI is InChI=1S/C16H20N6O/c1-11-3-2-4-12(9-11)21-5-7-22(8-6-21)16-19-13(15(18)23)10-14(17)20-16/h2-4,9-10H,5-8H2,1H3,(H2,18,23)(H2,17,19,20). The second-order valence-electron chi connectivity index (χ2n) is 5.66. The van der Waals surface area contributed by atoms with Gasteiger partial charge in [0.15, 0.2) is 0 Å². The van der Waals surface area contributed by atoms with Crippen molar-refractivity contribution in [1.82, 2.24) is 9.97 Å². The lowest BCUT2D eigenvalue weighted by molar-refractivity contribution is 0.0995. The maximum atomic E-state index is 11.3. The number of aryl methyl sites for hydroxylation is 1. The van der Waals surface area contributed by atoms with E-state index in [1.807, 2.05) is 4.90 Å². The highest BCUT2D eigenvalue weighted by Crippen LogP contribution is 2.20. The summed E-state index contributed by atoms with van der Waals surface area (Å²) in [6, 6.07) is 9.85. The molecule has 0 bridgehead atoms. The zero-order valence-corrected chi connectivity index (χ0v) is 13.1. The first-order valence-corrected chi connectivity index (χ1v) is 7.54. The van der Waals surface area contributed by atoms with Gasteiger partial charge in [-0.05, 0) is 24.6 Å². The molecule has 4 N–H and O–H groups in total. The molecule has 2 heterocycles. The molecule has 1 aliphatic rings. The molecule has 7 nitrogen and oxygen atoms in total. The van der Waals surface area contributed by atoms with E-state index in [4.69, 9.17) is 11.5 Å². The molecule has 1 saturated heterocycles. The number of aromatic nitrogens is 2. The molecule has 1 aromatic heterocycles. The first kappa shape index (κ1) is 15.1. The molecule has 23 heavy (non-hydrogen) atoms. The predicted molar refractivity (Wildman–Crippen MR) is 90.6 cm³/mol. The minimum atomic E-state index is -0.598. The van der Waals surface area contributed by atoms with E-state index in [9.17, 15) is 4.79 Å². The van der Waals surface area contributed by atoms with Crippen LogP contribution in [0.5, 0.6) is 0 Å². The number of benzene rings is 1. The van der Waals surface area contributed by atoms with Crippen molar-refractivity contribution in [3.05, 3.63) is 41.6 Å². The monoisotopic (exact) mass is 312 g/mol. The van der Waals surface area contributed by atoms with Crippen molar-refractivity contribution in [2.75, 3.05) is 41.7 Å². The maximum absolute atomic E-state index is 11.3. The average molecular weight is 312 g/mol. The summed E-state index contributed by atoms with van der Waals surface area (Å²) in [6.45, 7) is 5.32. The number of amides is 1. The van der Waals surface area contributed by atoms with Crippen molar-refractivity contribution in [2.45, 2.75) is 6.92 Å². The van der Waals surface area contributed by atoms with Gasteiger partial charge in [-0.1, -0.05) is 12.1 Å². The van der Waals surface area contributed by atoms with E-state index >= 15 is 0 Å². The Labute approximate surface area is 134 Å². The van der Waals surface area contributed by atoms with E-state index in [0.29, 0.717) is 5.95 Å². The number of carbonyl (C=O) groups is 1. The third-order valence-corrected chi connectivity index (χ3v) is 3.92. The van der Waals surface area contributed by atoms with E-state index in [1.54, 1.807) is 0 Å². The lowest BCUT2D eigenvalue weighted by atomic mass is 10.2. The minimum Gasteiger partial charge on any atom is -0.384 e. The Hall–Kier alpha value is -2.83. The summed E-state index contributed by atoms with van der Waals surface area (Å²) in [5, 5.41) is 0. The van der Waals surface area contributed by atoms with Crippen LogP contribution in [0.4, 0.5) is 17.5 Å². The highest BCUT2D eigenvalue weighted by molar-refractivity contribution is 5.91. The molecule has 0 aliphatic carbocycles. The summed E-state index contributed by atoms with van der Waals surface area (Å²) in [6.07, 6.45) is 0. The first-order chi connectivity index (χ1) is 11.0. The number of hydrogen-bond donors (Lipinski definition) is 2. The van der Waals surface area contributed by atoms with Crippen LogP contribution in [0.15, 0.2) is 30.3 Å². The summed E-state index contributed by atoms with van der Waals surface area (Å²) in [5.41, 5.74) is 13.6. The molecular weight excluding hydrogens is 292 g/mol. The molecule has 0 atom stereocenters. The molecule has 0 radical (unpaired) electrons. The van der Waals surface area contributed by atoms with Gasteiger partial charge in [0.25, 0.3) is 5.91 Å². The van der Waals surface area contributed by atoms with Gasteiger partial charge in [-0.15, -0.1) is 0 Å². The number of piperazine rings is 1. The van der Waals surface area contributed by atoms with Gasteiger partial charge in [-0.25, -0.2) is 4.98 Å². The van der Waals surface area contributed by atoms with Gasteiger partial charge in [0.1, 0.15) is 11.5 Å². The molecule has 0 spiro atoms. The summed E-state index contributed by atoms with van der Waals surface area (Å²) < 4.78 is 0. The molecule has 1 aliphatic heterocycles. The number of primary amides is 1. The normalized spacial score (nSPS) is 14.8. The average Bonchev–Trinajstić information content (AvgIpc) is 2.54. The zero-order valence-electron chi connectivity index (χ0n) is 13.1. The molecule has 3 rings (SSSR count). The molecule has 0 saturated carbocycles. The molecule has 2 aromatic rings. The van der Waals surface area contributed by atoms with Crippen LogP contribution in [0, 0.1) is 6.92 Å². The van der Waals surface area contributed by atoms with Crippen molar-refractivity contribution in [1.29, 1.82) is 0 Å². The molecule has 0 unspecified atom stereocenters. The number of nitrogen functional groups attached to an aromatic ring is 1. The quantitative estimate of drug-likeness (QED) is 0.869. The number of carbonyl (C=O) groups excluding carboxylic acids is 1. The van der Waals surface area contributed by atoms with Crippen molar-refractivity contribution >= 4 is 23.4 Å². The van der Waals surface area contributed by atoms with E-state index in [2.05, 4.69) is 46.1 Å². The fourth-order valence-electron chi connectivity index (χ4n) is 2.71. The number of rotatable bonds is 3. The topological polar surface area (TPSA) is 101 Å². The smallest absolute Gasteiger partial charge is 0.267 e. The number of anilines is 3. The number of hydrogen-bond acceptors (Lipinski definition) is 6. The van der Waals surface area contributed by atoms with Crippen LogP contribution in [0.3, 0.4) is 0 Å². The van der Waals surface area contributed by atoms with E-state index in [0.717, 1.165) is 26.2 Å². The summed E-state index contributed by atoms with van der Waals surface area (Å²) in [5.74, 6) is 0.117. The second kappa shape index (κ2) is 6.12. The lowest BCUT2D eigenvalue weighted by Gasteiger charge is -2.36. The molecule has 7 heteroatoms. The molecule has 1 fully saturated rings. The Balaban J connectivity index is 1.73. The minimum absolute atomic E-state index is 0.147. The Morgan fingerprint density at radius 1 is 1.09 bits per heavy atom. The third kappa shape index (κ3) is 3.33. The third-order valence-electron chi connectivity index (χ3n) is 3.92. The van der Waals surface area contributed by atoms with Crippen LogP contribution in [-0.2, 0) is 0 Å². The number of nitrogens with zero attached hydrogens (tertiary/aromatic N) is 4. The fraction of sp³-hybridized carbons (Fsp3) is 0.312. The van der Waals surface area contributed by atoms with Gasteiger partial charge in [0, 0.05) is 37.9 Å². The summed E-state index contributed by atoms with van der Waals surface area (Å²) in [7, 11) is 0. The van der Waals surface area contributed by atoms with Crippen molar-refractivity contribution in [3.63, 3.8) is 0 Å². The summed E-state index contributed by atoms with van der Waals surface area (Å²) in [4.78, 5) is 24.1. The largest absolute Gasteiger partial charge is 0.384 e. The molecule has 1 aromatic carbocycles. The summed E-state index contributed by atoms with van der Waals surface area (Å²) >= 11 is 0. The SMILES string of the molecule is Cc1cccc(N2CCN(c3nc(N)cc(C(N)=O)n3)CC2)c1. The van der Waals surface area contributed by atoms with Crippen LogP contribution in [0.2, 0.25) is 0 Å². The highest BCUT2D eigenvalue weighted by atomic mass is 16.1. The van der Waals surface area contributed by atoms with Gasteiger partial charge in [0.2, 0.25) is 5.95 Å². The van der Waals surface area contributed by atoms with Gasteiger partial charge >= 0.3 is 0 Å². The Bertz CT molecular complexity index is 724. The highest BCUT2D eigenvalue weighted by Gasteiger charge is 2.20. The Kier molecular flexibility index (Phi) is 4.01. The molecule has 120 valence electrons.